The first-order valence-corrected chi connectivity index (χ1v) is 24.3. The SMILES string of the molecule is COC1=Cc2nc1c(-c1cc(OC)c(OC)c(OC)c1)c1ccc([nH]1)c(-c1cc(OC)c(OC)c(OC)c1)c1nc(c(-c3cc(OC)c(OC)c(OC)c3)c3ccc([nH]3)c2-c2cc(OC)c(OC)c(OC)c2)[C@H](OC)[C@@H]1OC. The van der Waals surface area contributed by atoms with Crippen LogP contribution in [0.1, 0.15) is 35.0 Å². The average Bonchev–Trinajstić information content (AvgIpc) is 4.50. The molecule has 0 fully saturated rings. The summed E-state index contributed by atoms with van der Waals surface area (Å²) in [4.78, 5) is 18.7. The van der Waals surface area contributed by atoms with Crippen molar-refractivity contribution in [3.05, 3.63) is 95.6 Å². The molecule has 0 saturated carbocycles. The highest BCUT2D eigenvalue weighted by molar-refractivity contribution is 6.00. The number of aromatic amines is 2. The summed E-state index contributed by atoms with van der Waals surface area (Å²) >= 11 is 0. The Morgan fingerprint density at radius 3 is 0.885 bits per heavy atom. The van der Waals surface area contributed by atoms with Gasteiger partial charge < -0.3 is 81.0 Å². The third-order valence-electron chi connectivity index (χ3n) is 13.8. The predicted octanol–water partition coefficient (Wildman–Crippen LogP) is 11.3. The number of methoxy groups -OCH3 is 15. The molecule has 408 valence electrons. The lowest BCUT2D eigenvalue weighted by atomic mass is 9.96. The van der Waals surface area contributed by atoms with Crippen molar-refractivity contribution in [2.24, 2.45) is 0 Å². The van der Waals surface area contributed by atoms with Gasteiger partial charge in [-0.05, 0) is 95.1 Å². The molecule has 0 aliphatic carbocycles. The minimum absolute atomic E-state index is 0.398. The Hall–Kier alpha value is -8.94. The van der Waals surface area contributed by atoms with Gasteiger partial charge in [-0.25, -0.2) is 4.98 Å². The molecule has 19 nitrogen and oxygen atoms in total. The molecule has 9 rings (SSSR count). The molecule has 2 atom stereocenters. The minimum Gasteiger partial charge on any atom is -0.494 e. The Kier molecular flexibility index (Phi) is 15.7. The van der Waals surface area contributed by atoms with Gasteiger partial charge in [0.05, 0.1) is 110 Å². The van der Waals surface area contributed by atoms with Crippen molar-refractivity contribution in [1.82, 2.24) is 19.9 Å². The van der Waals surface area contributed by atoms with Crippen LogP contribution in [0.15, 0.2) is 72.8 Å². The van der Waals surface area contributed by atoms with Crippen LogP contribution >= 0.6 is 0 Å². The highest BCUT2D eigenvalue weighted by atomic mass is 16.6. The molecule has 3 aromatic heterocycles. The van der Waals surface area contributed by atoms with Crippen molar-refractivity contribution >= 4 is 33.9 Å². The number of ether oxygens (including phenoxy) is 15. The van der Waals surface area contributed by atoms with E-state index in [-0.39, 0.29) is 0 Å². The quantitative estimate of drug-likeness (QED) is 0.0775. The Labute approximate surface area is 451 Å². The van der Waals surface area contributed by atoms with E-state index in [1.54, 1.807) is 107 Å². The summed E-state index contributed by atoms with van der Waals surface area (Å²) in [5.41, 5.74) is 9.47. The Morgan fingerprint density at radius 1 is 0.321 bits per heavy atom. The fourth-order valence-corrected chi connectivity index (χ4v) is 10.3. The number of fused-ring (bicyclic) bond motifs is 8. The van der Waals surface area contributed by atoms with Crippen LogP contribution in [0.2, 0.25) is 0 Å². The van der Waals surface area contributed by atoms with Gasteiger partial charge in [-0.15, -0.1) is 0 Å². The zero-order valence-electron chi connectivity index (χ0n) is 46.2. The van der Waals surface area contributed by atoms with E-state index in [1.807, 2.05) is 78.9 Å². The fourth-order valence-electron chi connectivity index (χ4n) is 10.3. The fraction of sp³-hybridized carbons (Fsp3) is 0.288. The van der Waals surface area contributed by atoms with Crippen LogP contribution in [-0.2, 0) is 14.2 Å². The van der Waals surface area contributed by atoms with E-state index in [0.29, 0.717) is 164 Å². The third-order valence-corrected chi connectivity index (χ3v) is 13.8. The third kappa shape index (κ3) is 9.13. The second kappa shape index (κ2) is 22.7. The Morgan fingerprint density at radius 2 is 0.603 bits per heavy atom. The van der Waals surface area contributed by atoms with E-state index in [1.165, 1.54) is 0 Å². The summed E-state index contributed by atoms with van der Waals surface area (Å²) < 4.78 is 90.3. The zero-order chi connectivity index (χ0) is 55.5. The van der Waals surface area contributed by atoms with Gasteiger partial charge in [0.25, 0.3) is 0 Å². The maximum atomic E-state index is 6.53. The highest BCUT2D eigenvalue weighted by Crippen LogP contribution is 2.52. The molecule has 7 aromatic rings. The molecule has 78 heavy (non-hydrogen) atoms. The normalized spacial score (nSPS) is 13.8. The molecule has 0 amide bonds. The Bertz CT molecular complexity index is 3520. The molecule has 0 radical (unpaired) electrons. The lowest BCUT2D eigenvalue weighted by Crippen LogP contribution is -2.11. The minimum atomic E-state index is -0.827. The number of aromatic nitrogens is 4. The molecule has 5 heterocycles. The molecule has 2 N–H and O–H groups in total. The number of H-pyrrole nitrogens is 2. The summed E-state index contributed by atoms with van der Waals surface area (Å²) in [5.74, 6) is 5.33. The lowest BCUT2D eigenvalue weighted by Gasteiger charge is -2.21. The van der Waals surface area contributed by atoms with Crippen LogP contribution in [0, 0.1) is 0 Å². The van der Waals surface area contributed by atoms with E-state index in [2.05, 4.69) is 9.97 Å². The van der Waals surface area contributed by atoms with Crippen molar-refractivity contribution in [2.45, 2.75) is 12.2 Å². The Balaban J connectivity index is 1.60. The van der Waals surface area contributed by atoms with Crippen molar-refractivity contribution < 1.29 is 71.1 Å². The van der Waals surface area contributed by atoms with Crippen LogP contribution in [0.5, 0.6) is 69.0 Å². The summed E-state index contributed by atoms with van der Waals surface area (Å²) in [7, 11) is 23.6. The van der Waals surface area contributed by atoms with Gasteiger partial charge in [-0.3, -0.25) is 4.98 Å². The first kappa shape index (κ1) is 53.9. The van der Waals surface area contributed by atoms with E-state index in [4.69, 9.17) is 81.0 Å². The molecule has 19 heteroatoms. The van der Waals surface area contributed by atoms with Crippen LogP contribution in [0.4, 0.5) is 0 Å². The summed E-state index contributed by atoms with van der Waals surface area (Å²) in [5, 5.41) is 0. The van der Waals surface area contributed by atoms with Crippen LogP contribution in [-0.4, -0.2) is 127 Å². The molecule has 0 spiro atoms. The molecule has 2 aliphatic heterocycles. The van der Waals surface area contributed by atoms with Gasteiger partial charge in [-0.1, -0.05) is 0 Å². The van der Waals surface area contributed by atoms with Crippen LogP contribution < -0.4 is 56.8 Å². The van der Waals surface area contributed by atoms with Gasteiger partial charge in [0.2, 0.25) is 23.0 Å². The first-order chi connectivity index (χ1) is 38.0. The summed E-state index contributed by atoms with van der Waals surface area (Å²) in [6, 6.07) is 22.8. The predicted molar refractivity (Wildman–Crippen MR) is 296 cm³/mol. The topological polar surface area (TPSA) is 196 Å². The van der Waals surface area contributed by atoms with Crippen molar-refractivity contribution in [2.75, 3.05) is 107 Å². The van der Waals surface area contributed by atoms with Gasteiger partial charge in [0.1, 0.15) is 23.7 Å². The van der Waals surface area contributed by atoms with Crippen molar-refractivity contribution in [1.29, 1.82) is 0 Å². The van der Waals surface area contributed by atoms with Crippen molar-refractivity contribution in [3.63, 3.8) is 0 Å². The summed E-state index contributed by atoms with van der Waals surface area (Å²) in [6.07, 6.45) is 0.236. The first-order valence-electron chi connectivity index (χ1n) is 24.3. The van der Waals surface area contributed by atoms with Crippen LogP contribution in [0.25, 0.3) is 78.4 Å². The molecule has 2 aliphatic rings. The summed E-state index contributed by atoms with van der Waals surface area (Å²) in [6.45, 7) is 0. The van der Waals surface area contributed by atoms with Crippen molar-refractivity contribution in [3.8, 4) is 114 Å². The number of benzene rings is 4. The number of nitrogens with one attached hydrogen (secondary N) is 2. The molecular weight excluding hydrogens is 1000 g/mol. The average molecular weight is 1070 g/mol. The van der Waals surface area contributed by atoms with Gasteiger partial charge in [-0.2, -0.15) is 0 Å². The van der Waals surface area contributed by atoms with E-state index >= 15 is 0 Å². The number of rotatable bonds is 19. The lowest BCUT2D eigenvalue weighted by molar-refractivity contribution is -0.0325. The second-order valence-electron chi connectivity index (χ2n) is 17.5. The monoisotopic (exact) mass is 1070 g/mol. The second-order valence-corrected chi connectivity index (χ2v) is 17.5. The van der Waals surface area contributed by atoms with Crippen LogP contribution in [0.3, 0.4) is 0 Å². The number of hydrogen-bond donors (Lipinski definition) is 2. The molecule has 0 saturated heterocycles. The maximum absolute atomic E-state index is 6.53. The van der Waals surface area contributed by atoms with Gasteiger partial charge in [0.15, 0.2) is 46.0 Å². The highest BCUT2D eigenvalue weighted by Gasteiger charge is 2.39. The standard InChI is InChI=1S/C59H62N4O15/c1-64-38-28-37-47(29-20-39(65-2)54(73-10)40(21-29)66-3)33-16-17-35(60-33)49(31-24-43(69-6)56(75-12)44(25-31)70-7)52-58(77-14)59(78-15)53(63-52)50(32-26-45(71-8)57(76-13)46(27-32)72-9)36-19-18-34(61-36)48(51(38)62-37)30-22-41(67-4)55(74-11)42(23-30)68-5/h16-28,58-61H,1-15H3/t58-,59+/m0/s1. The van der Waals surface area contributed by atoms with Gasteiger partial charge in [0, 0.05) is 64.6 Å². The molecule has 8 bridgehead atoms. The van der Waals surface area contributed by atoms with Gasteiger partial charge >= 0.3 is 0 Å². The van der Waals surface area contributed by atoms with E-state index in [0.717, 1.165) is 0 Å². The molecule has 0 unspecified atom stereocenters. The number of hydrogen-bond acceptors (Lipinski definition) is 17. The molecular formula is C59H62N4O15. The molecule has 4 aromatic carbocycles. The number of nitrogens with zero attached hydrogens (tertiary/aromatic N) is 2. The maximum Gasteiger partial charge on any atom is 0.203 e. The smallest absolute Gasteiger partial charge is 0.203 e. The van der Waals surface area contributed by atoms with E-state index < -0.39 is 12.2 Å². The largest absolute Gasteiger partial charge is 0.494 e. The van der Waals surface area contributed by atoms with E-state index in [9.17, 15) is 0 Å². The zero-order valence-corrected chi connectivity index (χ0v) is 46.2.